The molecule has 5 nitrogen and oxygen atoms in total. The molecule has 1 unspecified atom stereocenters. The van der Waals surface area contributed by atoms with Crippen molar-refractivity contribution in [2.75, 3.05) is 44.6 Å². The Morgan fingerprint density at radius 2 is 1.31 bits per heavy atom. The van der Waals surface area contributed by atoms with E-state index in [4.69, 9.17) is 32.7 Å². The minimum absolute atomic E-state index is 0.0524. The Morgan fingerprint density at radius 3 is 1.75 bits per heavy atom. The van der Waals surface area contributed by atoms with Crippen LogP contribution in [-0.2, 0) is 0 Å². The Kier molecular flexibility index (Phi) is 13.6. The van der Waals surface area contributed by atoms with E-state index < -0.39 is 5.92 Å². The summed E-state index contributed by atoms with van der Waals surface area (Å²) >= 11 is 12.0. The standard InChI is InChI=1S/C29H37Cl2NO4/c1-4-18-35-26-10-6-23(7-11-26)28(33)22(3)20-25(21-32(16-14-30)17-15-31)29(34)24-8-12-27(13-9-24)36-19-5-2/h6-13,25H,3-5,14-21H2,1-2H3. The van der Waals surface area contributed by atoms with Crippen LogP contribution < -0.4 is 9.47 Å². The van der Waals surface area contributed by atoms with Crippen molar-refractivity contribution in [2.24, 2.45) is 5.92 Å². The van der Waals surface area contributed by atoms with Gasteiger partial charge in [-0.05, 0) is 73.4 Å². The number of hydrogen-bond donors (Lipinski definition) is 0. The van der Waals surface area contributed by atoms with Gasteiger partial charge in [-0.25, -0.2) is 0 Å². The zero-order valence-electron chi connectivity index (χ0n) is 21.3. The summed E-state index contributed by atoms with van der Waals surface area (Å²) in [6, 6.07) is 14.2. The van der Waals surface area contributed by atoms with Gasteiger partial charge in [0.2, 0.25) is 0 Å². The van der Waals surface area contributed by atoms with Crippen LogP contribution in [0.3, 0.4) is 0 Å². The molecule has 0 aromatic heterocycles. The molecule has 0 N–H and O–H groups in total. The molecular formula is C29H37Cl2NO4. The Balaban J connectivity index is 2.19. The molecule has 0 aliphatic heterocycles. The van der Waals surface area contributed by atoms with Crippen LogP contribution in [0, 0.1) is 5.92 Å². The molecule has 0 spiro atoms. The van der Waals surface area contributed by atoms with E-state index in [9.17, 15) is 9.59 Å². The topological polar surface area (TPSA) is 55.8 Å². The first-order valence-corrected chi connectivity index (χ1v) is 13.6. The first-order valence-electron chi connectivity index (χ1n) is 12.5. The third-order valence-corrected chi connectivity index (χ3v) is 6.00. The van der Waals surface area contributed by atoms with Crippen molar-refractivity contribution < 1.29 is 19.1 Å². The number of ketones is 2. The molecule has 0 aliphatic rings. The van der Waals surface area contributed by atoms with Crippen molar-refractivity contribution in [3.8, 4) is 11.5 Å². The molecule has 0 saturated heterocycles. The number of halogens is 2. The van der Waals surface area contributed by atoms with Gasteiger partial charge >= 0.3 is 0 Å². The van der Waals surface area contributed by atoms with Gasteiger partial charge in [-0.1, -0.05) is 20.4 Å². The number of nitrogens with zero attached hydrogens (tertiary/aromatic N) is 1. The molecule has 196 valence electrons. The van der Waals surface area contributed by atoms with Crippen LogP contribution in [0.5, 0.6) is 11.5 Å². The van der Waals surface area contributed by atoms with Crippen molar-refractivity contribution in [2.45, 2.75) is 33.1 Å². The van der Waals surface area contributed by atoms with Crippen LogP contribution in [0.1, 0.15) is 53.8 Å². The van der Waals surface area contributed by atoms with Gasteiger partial charge in [-0.3, -0.25) is 9.59 Å². The third-order valence-electron chi connectivity index (χ3n) is 5.67. The summed E-state index contributed by atoms with van der Waals surface area (Å²) in [5.74, 6) is 1.59. The maximum Gasteiger partial charge on any atom is 0.188 e. The van der Waals surface area contributed by atoms with Gasteiger partial charge in [0, 0.05) is 48.4 Å². The van der Waals surface area contributed by atoms with E-state index in [2.05, 4.69) is 11.5 Å². The Morgan fingerprint density at radius 1 is 0.833 bits per heavy atom. The lowest BCUT2D eigenvalue weighted by Gasteiger charge is -2.26. The zero-order valence-corrected chi connectivity index (χ0v) is 22.8. The molecule has 0 amide bonds. The van der Waals surface area contributed by atoms with Crippen molar-refractivity contribution in [3.63, 3.8) is 0 Å². The SMILES string of the molecule is C=C(CC(CN(CCCl)CCCl)C(=O)c1ccc(OCCC)cc1)C(=O)c1ccc(OCCC)cc1. The highest BCUT2D eigenvalue weighted by Gasteiger charge is 2.26. The molecule has 36 heavy (non-hydrogen) atoms. The Bertz CT molecular complexity index is 954. The zero-order chi connectivity index (χ0) is 26.3. The summed E-state index contributed by atoms with van der Waals surface area (Å²) in [5.41, 5.74) is 1.47. The van der Waals surface area contributed by atoms with Crippen LogP contribution >= 0.6 is 23.2 Å². The van der Waals surface area contributed by atoms with Crippen LogP contribution in [-0.4, -0.2) is 61.1 Å². The molecule has 7 heteroatoms. The minimum atomic E-state index is -0.470. The van der Waals surface area contributed by atoms with Gasteiger partial charge in [-0.15, -0.1) is 23.2 Å². The summed E-state index contributed by atoms with van der Waals surface area (Å²) in [6.07, 6.45) is 2.05. The van der Waals surface area contributed by atoms with Crippen LogP contribution in [0.2, 0.25) is 0 Å². The molecule has 2 rings (SSSR count). The molecular weight excluding hydrogens is 497 g/mol. The van der Waals surface area contributed by atoms with Gasteiger partial charge in [-0.2, -0.15) is 0 Å². The maximum atomic E-state index is 13.6. The predicted molar refractivity (Wildman–Crippen MR) is 148 cm³/mol. The summed E-state index contributed by atoms with van der Waals surface area (Å²) in [4.78, 5) is 28.7. The van der Waals surface area contributed by atoms with Gasteiger partial charge in [0.15, 0.2) is 11.6 Å². The molecule has 0 saturated carbocycles. The second-order valence-electron chi connectivity index (χ2n) is 8.62. The quantitative estimate of drug-likeness (QED) is 0.121. The number of benzene rings is 2. The molecule has 0 aliphatic carbocycles. The van der Waals surface area contributed by atoms with E-state index in [1.807, 2.05) is 13.8 Å². The Labute approximate surface area is 225 Å². The maximum absolute atomic E-state index is 13.6. The lowest BCUT2D eigenvalue weighted by molar-refractivity contribution is 0.0880. The number of carbonyl (C=O) groups is 2. The lowest BCUT2D eigenvalue weighted by atomic mass is 9.88. The van der Waals surface area contributed by atoms with Crippen LogP contribution in [0.4, 0.5) is 0 Å². The lowest BCUT2D eigenvalue weighted by Crippen LogP contribution is -2.36. The normalized spacial score (nSPS) is 11.8. The Hall–Kier alpha value is -2.34. The first kappa shape index (κ1) is 29.9. The molecule has 0 fully saturated rings. The fourth-order valence-electron chi connectivity index (χ4n) is 3.77. The van der Waals surface area contributed by atoms with Crippen molar-refractivity contribution in [3.05, 3.63) is 71.8 Å². The monoisotopic (exact) mass is 533 g/mol. The smallest absolute Gasteiger partial charge is 0.188 e. The largest absolute Gasteiger partial charge is 0.494 e. The van der Waals surface area contributed by atoms with E-state index in [0.29, 0.717) is 61.3 Å². The summed E-state index contributed by atoms with van der Waals surface area (Å²) in [6.45, 7) is 11.0. The molecule has 2 aromatic carbocycles. The predicted octanol–water partition coefficient (Wildman–Crippen LogP) is 6.67. The highest BCUT2D eigenvalue weighted by Crippen LogP contribution is 2.24. The van der Waals surface area contributed by atoms with Gasteiger partial charge < -0.3 is 14.4 Å². The van der Waals surface area contributed by atoms with Gasteiger partial charge in [0.1, 0.15) is 11.5 Å². The summed E-state index contributed by atoms with van der Waals surface area (Å²) in [7, 11) is 0. The average molecular weight is 535 g/mol. The number of Topliss-reactive ketones (excluding diaryl/α,β-unsaturated/α-hetero) is 2. The summed E-state index contributed by atoms with van der Waals surface area (Å²) < 4.78 is 11.2. The van der Waals surface area contributed by atoms with E-state index in [-0.39, 0.29) is 18.0 Å². The number of alkyl halides is 2. The van der Waals surface area contributed by atoms with Crippen molar-refractivity contribution in [1.82, 2.24) is 4.90 Å². The third kappa shape index (κ3) is 9.61. The molecule has 2 aromatic rings. The van der Waals surface area contributed by atoms with Crippen molar-refractivity contribution in [1.29, 1.82) is 0 Å². The fraction of sp³-hybridized carbons (Fsp3) is 0.448. The van der Waals surface area contributed by atoms with E-state index >= 15 is 0 Å². The molecule has 0 heterocycles. The highest BCUT2D eigenvalue weighted by atomic mass is 35.5. The molecule has 0 bridgehead atoms. The fourth-order valence-corrected chi connectivity index (χ4v) is 4.25. The van der Waals surface area contributed by atoms with E-state index in [0.717, 1.165) is 24.3 Å². The molecule has 0 radical (unpaired) electrons. The first-order chi connectivity index (χ1) is 17.4. The van der Waals surface area contributed by atoms with Gasteiger partial charge in [0.25, 0.3) is 0 Å². The van der Waals surface area contributed by atoms with Gasteiger partial charge in [0.05, 0.1) is 13.2 Å². The second kappa shape index (κ2) is 16.4. The van der Waals surface area contributed by atoms with Crippen LogP contribution in [0.15, 0.2) is 60.7 Å². The number of allylic oxidation sites excluding steroid dienone is 1. The van der Waals surface area contributed by atoms with Crippen molar-refractivity contribution >= 4 is 34.8 Å². The van der Waals surface area contributed by atoms with E-state index in [1.54, 1.807) is 48.5 Å². The van der Waals surface area contributed by atoms with E-state index in [1.165, 1.54) is 0 Å². The molecule has 1 atom stereocenters. The average Bonchev–Trinajstić information content (AvgIpc) is 2.90. The van der Waals surface area contributed by atoms with Crippen LogP contribution in [0.25, 0.3) is 0 Å². The number of rotatable bonds is 18. The number of carbonyl (C=O) groups excluding carboxylic acids is 2. The highest BCUT2D eigenvalue weighted by molar-refractivity contribution is 6.18. The number of ether oxygens (including phenoxy) is 2. The second-order valence-corrected chi connectivity index (χ2v) is 9.38. The minimum Gasteiger partial charge on any atom is -0.494 e. The summed E-state index contributed by atoms with van der Waals surface area (Å²) in [5, 5.41) is 0. The number of hydrogen-bond acceptors (Lipinski definition) is 5.